The highest BCUT2D eigenvalue weighted by Crippen LogP contribution is 2.34. The fourth-order valence-corrected chi connectivity index (χ4v) is 3.13. The third kappa shape index (κ3) is 3.28. The first-order valence-corrected chi connectivity index (χ1v) is 8.08. The highest BCUT2D eigenvalue weighted by atomic mass is 32.2. The van der Waals surface area contributed by atoms with Crippen LogP contribution in [0, 0.1) is 6.92 Å². The van der Waals surface area contributed by atoms with Crippen molar-refractivity contribution >= 4 is 29.0 Å². The van der Waals surface area contributed by atoms with Crippen LogP contribution in [0.25, 0.3) is 6.08 Å². The molecule has 24 heavy (non-hydrogen) atoms. The summed E-state index contributed by atoms with van der Waals surface area (Å²) in [4.78, 5) is 26.0. The van der Waals surface area contributed by atoms with Crippen LogP contribution in [0.15, 0.2) is 47.4 Å². The Hall–Kier alpha value is -2.73. The molecule has 1 saturated heterocycles. The van der Waals surface area contributed by atoms with Gasteiger partial charge in [-0.2, -0.15) is 0 Å². The second-order valence-corrected chi connectivity index (χ2v) is 6.49. The molecule has 1 heterocycles. The Balaban J connectivity index is 1.81. The quantitative estimate of drug-likeness (QED) is 0.658. The van der Waals surface area contributed by atoms with Crippen molar-refractivity contribution in [3.05, 3.63) is 64.1 Å². The molecule has 0 spiro atoms. The highest BCUT2D eigenvalue weighted by Gasteiger charge is 2.34. The van der Waals surface area contributed by atoms with Gasteiger partial charge in [0, 0.05) is 0 Å². The zero-order valence-corrected chi connectivity index (χ0v) is 13.7. The molecule has 0 atom stereocenters. The zero-order chi connectivity index (χ0) is 17.3. The Morgan fingerprint density at radius 1 is 1.04 bits per heavy atom. The zero-order valence-electron chi connectivity index (χ0n) is 12.9. The maximum Gasteiger partial charge on any atom is 0.293 e. The van der Waals surface area contributed by atoms with Gasteiger partial charge < -0.3 is 10.2 Å². The molecular weight excluding hydrogens is 326 g/mol. The molecule has 6 heteroatoms. The number of hydrogen-bond donors (Lipinski definition) is 2. The summed E-state index contributed by atoms with van der Waals surface area (Å²) < 4.78 is 0. The maximum absolute atomic E-state index is 12.4. The molecule has 3 rings (SSSR count). The summed E-state index contributed by atoms with van der Waals surface area (Å²) >= 11 is 0.863. The molecule has 5 nitrogen and oxygen atoms in total. The van der Waals surface area contributed by atoms with Crippen molar-refractivity contribution in [2.45, 2.75) is 13.5 Å². The van der Waals surface area contributed by atoms with E-state index in [9.17, 15) is 19.8 Å². The molecule has 2 aromatic carbocycles. The van der Waals surface area contributed by atoms with Crippen LogP contribution in [0.2, 0.25) is 0 Å². The molecule has 0 saturated carbocycles. The normalized spacial score (nSPS) is 16.2. The van der Waals surface area contributed by atoms with Crippen LogP contribution >= 0.6 is 11.8 Å². The van der Waals surface area contributed by atoms with Gasteiger partial charge >= 0.3 is 0 Å². The van der Waals surface area contributed by atoms with Gasteiger partial charge in [0.2, 0.25) is 0 Å². The predicted molar refractivity (Wildman–Crippen MR) is 92.5 cm³/mol. The van der Waals surface area contributed by atoms with Gasteiger partial charge in [-0.05, 0) is 48.0 Å². The first-order chi connectivity index (χ1) is 11.4. The molecule has 2 amide bonds. The molecule has 0 unspecified atom stereocenters. The summed E-state index contributed by atoms with van der Waals surface area (Å²) in [7, 11) is 0. The second kappa shape index (κ2) is 6.41. The van der Waals surface area contributed by atoms with Gasteiger partial charge in [0.1, 0.15) is 0 Å². The standard InChI is InChI=1S/C18H15NO4S/c1-11-2-4-12(5-3-11)10-19-17(22)16(24-18(19)23)9-13-6-7-14(20)15(21)8-13/h2-9,20-21H,10H2,1H3/b16-9-. The Morgan fingerprint density at radius 3 is 2.42 bits per heavy atom. The van der Waals surface area contributed by atoms with Gasteiger partial charge in [0.05, 0.1) is 11.4 Å². The van der Waals surface area contributed by atoms with E-state index in [2.05, 4.69) is 0 Å². The van der Waals surface area contributed by atoms with Gasteiger partial charge in [0.15, 0.2) is 11.5 Å². The van der Waals surface area contributed by atoms with Crippen molar-refractivity contribution in [1.29, 1.82) is 0 Å². The van der Waals surface area contributed by atoms with Gasteiger partial charge in [-0.3, -0.25) is 14.5 Å². The topological polar surface area (TPSA) is 77.8 Å². The minimum atomic E-state index is -0.363. The number of imide groups is 1. The lowest BCUT2D eigenvalue weighted by atomic mass is 10.1. The second-order valence-electron chi connectivity index (χ2n) is 5.50. The molecule has 122 valence electrons. The molecule has 1 fully saturated rings. The monoisotopic (exact) mass is 341 g/mol. The van der Waals surface area contributed by atoms with Gasteiger partial charge in [0.25, 0.3) is 11.1 Å². The number of aryl methyl sites for hydroxylation is 1. The van der Waals surface area contributed by atoms with Crippen molar-refractivity contribution in [3.63, 3.8) is 0 Å². The van der Waals surface area contributed by atoms with Gasteiger partial charge in [-0.1, -0.05) is 35.9 Å². The van der Waals surface area contributed by atoms with Crippen molar-refractivity contribution in [2.75, 3.05) is 0 Å². The smallest absolute Gasteiger partial charge is 0.293 e. The number of phenols is 2. The molecule has 0 bridgehead atoms. The maximum atomic E-state index is 12.4. The Kier molecular flexibility index (Phi) is 4.31. The van der Waals surface area contributed by atoms with E-state index in [4.69, 9.17) is 0 Å². The minimum absolute atomic E-state index is 0.225. The summed E-state index contributed by atoms with van der Waals surface area (Å²) in [5.74, 6) is -0.875. The predicted octanol–water partition coefficient (Wildman–Crippen LogP) is 3.64. The lowest BCUT2D eigenvalue weighted by Crippen LogP contribution is -2.27. The number of nitrogens with zero attached hydrogens (tertiary/aromatic N) is 1. The van der Waals surface area contributed by atoms with E-state index in [0.29, 0.717) is 5.56 Å². The fraction of sp³-hybridized carbons (Fsp3) is 0.111. The lowest BCUT2D eigenvalue weighted by molar-refractivity contribution is -0.123. The summed E-state index contributed by atoms with van der Waals surface area (Å²) in [6.07, 6.45) is 1.53. The number of aromatic hydroxyl groups is 2. The summed E-state index contributed by atoms with van der Waals surface area (Å²) in [5, 5.41) is 18.5. The van der Waals surface area contributed by atoms with E-state index >= 15 is 0 Å². The van der Waals surface area contributed by atoms with Crippen LogP contribution in [-0.2, 0) is 11.3 Å². The summed E-state index contributed by atoms with van der Waals surface area (Å²) in [6, 6.07) is 11.9. The van der Waals surface area contributed by atoms with E-state index in [-0.39, 0.29) is 34.1 Å². The van der Waals surface area contributed by atoms with Crippen LogP contribution in [0.5, 0.6) is 11.5 Å². The van der Waals surface area contributed by atoms with Crippen molar-refractivity contribution in [1.82, 2.24) is 4.90 Å². The van der Waals surface area contributed by atoms with Gasteiger partial charge in [-0.25, -0.2) is 0 Å². The van der Waals surface area contributed by atoms with Crippen LogP contribution in [0.3, 0.4) is 0 Å². The van der Waals surface area contributed by atoms with Crippen molar-refractivity contribution < 1.29 is 19.8 Å². The van der Waals surface area contributed by atoms with E-state index < -0.39 is 0 Å². The van der Waals surface area contributed by atoms with E-state index in [1.54, 1.807) is 6.07 Å². The summed E-state index contributed by atoms with van der Waals surface area (Å²) in [5.41, 5.74) is 2.53. The van der Waals surface area contributed by atoms with E-state index in [1.807, 2.05) is 31.2 Å². The molecule has 2 N–H and O–H groups in total. The van der Waals surface area contributed by atoms with Gasteiger partial charge in [-0.15, -0.1) is 0 Å². The number of rotatable bonds is 3. The Labute approximate surface area is 143 Å². The van der Waals surface area contributed by atoms with E-state index in [1.165, 1.54) is 23.1 Å². The molecule has 2 aromatic rings. The third-order valence-electron chi connectivity index (χ3n) is 3.63. The lowest BCUT2D eigenvalue weighted by Gasteiger charge is -2.12. The minimum Gasteiger partial charge on any atom is -0.504 e. The first kappa shape index (κ1) is 16.1. The highest BCUT2D eigenvalue weighted by molar-refractivity contribution is 8.18. The number of carbonyl (C=O) groups excluding carboxylic acids is 2. The molecular formula is C18H15NO4S. The average Bonchev–Trinajstić information content (AvgIpc) is 2.80. The number of hydrogen-bond acceptors (Lipinski definition) is 5. The first-order valence-electron chi connectivity index (χ1n) is 7.27. The molecule has 1 aliphatic heterocycles. The SMILES string of the molecule is Cc1ccc(CN2C(=O)S/C(=C\c3ccc(O)c(O)c3)C2=O)cc1. The van der Waals surface area contributed by atoms with Crippen LogP contribution in [0.4, 0.5) is 4.79 Å². The molecule has 1 aliphatic rings. The van der Waals surface area contributed by atoms with Crippen LogP contribution < -0.4 is 0 Å². The number of thioether (sulfide) groups is 1. The van der Waals surface area contributed by atoms with Crippen LogP contribution in [0.1, 0.15) is 16.7 Å². The van der Waals surface area contributed by atoms with Crippen molar-refractivity contribution in [2.24, 2.45) is 0 Å². The number of carbonyl (C=O) groups is 2. The Morgan fingerprint density at radius 2 is 1.75 bits per heavy atom. The summed E-state index contributed by atoms with van der Waals surface area (Å²) in [6.45, 7) is 2.20. The average molecular weight is 341 g/mol. The Bertz CT molecular complexity index is 843. The van der Waals surface area contributed by atoms with Crippen LogP contribution in [-0.4, -0.2) is 26.3 Å². The van der Waals surface area contributed by atoms with E-state index in [0.717, 1.165) is 22.9 Å². The largest absolute Gasteiger partial charge is 0.504 e. The molecule has 0 aromatic heterocycles. The molecule has 0 radical (unpaired) electrons. The number of phenolic OH excluding ortho intramolecular Hbond substituents is 2. The fourth-order valence-electron chi connectivity index (χ4n) is 2.29. The third-order valence-corrected chi connectivity index (χ3v) is 4.54. The number of benzene rings is 2. The van der Waals surface area contributed by atoms with Crippen molar-refractivity contribution in [3.8, 4) is 11.5 Å². The number of amides is 2. The molecule has 0 aliphatic carbocycles.